The van der Waals surface area contributed by atoms with Gasteiger partial charge in [-0.3, -0.25) is 9.59 Å². The molecule has 0 atom stereocenters. The summed E-state index contributed by atoms with van der Waals surface area (Å²) in [6, 6.07) is 0. The zero-order valence-corrected chi connectivity index (χ0v) is 11.8. The third-order valence-corrected chi connectivity index (χ3v) is 4.23. The quantitative estimate of drug-likeness (QED) is 0.760. The van der Waals surface area contributed by atoms with Gasteiger partial charge in [0.05, 0.1) is 12.5 Å². The lowest BCUT2D eigenvalue weighted by molar-refractivity contribution is -0.147. The van der Waals surface area contributed by atoms with E-state index in [1.807, 2.05) is 0 Å². The molecule has 2 aliphatic rings. The Hall–Kier alpha value is -1.14. The molecular weight excluding hydrogens is 260 g/mol. The lowest BCUT2D eigenvalue weighted by atomic mass is 9.97. The second kappa shape index (κ2) is 7.59. The molecule has 20 heavy (non-hydrogen) atoms. The van der Waals surface area contributed by atoms with Crippen molar-refractivity contribution >= 4 is 11.9 Å². The number of ether oxygens (including phenoxy) is 1. The maximum absolute atomic E-state index is 12.0. The van der Waals surface area contributed by atoms with Crippen LogP contribution in [0.4, 0.5) is 0 Å². The number of nitrogens with one attached hydrogen (secondary N) is 1. The Morgan fingerprint density at radius 2 is 1.80 bits per heavy atom. The number of carboxylic acid groups (broad SMARTS) is 1. The van der Waals surface area contributed by atoms with Crippen LogP contribution in [-0.4, -0.2) is 61.3 Å². The molecule has 0 radical (unpaired) electrons. The van der Waals surface area contributed by atoms with E-state index in [0.717, 1.165) is 25.9 Å². The molecule has 0 aromatic rings. The van der Waals surface area contributed by atoms with Crippen LogP contribution in [0.3, 0.4) is 0 Å². The number of carbonyl (C=O) groups is 2. The van der Waals surface area contributed by atoms with E-state index < -0.39 is 5.97 Å². The number of piperidine rings is 2. The van der Waals surface area contributed by atoms with Crippen LogP contribution in [0.25, 0.3) is 0 Å². The first-order valence-electron chi connectivity index (χ1n) is 7.46. The number of carboxylic acids is 1. The summed E-state index contributed by atoms with van der Waals surface area (Å²) in [6.07, 6.45) is 3.32. The third kappa shape index (κ3) is 4.45. The second-order valence-electron chi connectivity index (χ2n) is 5.70. The monoisotopic (exact) mass is 284 g/mol. The number of amides is 1. The molecule has 6 heteroatoms. The maximum atomic E-state index is 12.0. The van der Waals surface area contributed by atoms with E-state index >= 15 is 0 Å². The summed E-state index contributed by atoms with van der Waals surface area (Å²) in [7, 11) is 0. The van der Waals surface area contributed by atoms with Crippen molar-refractivity contribution in [1.29, 1.82) is 0 Å². The molecule has 2 heterocycles. The fourth-order valence-electron chi connectivity index (χ4n) is 2.83. The first-order chi connectivity index (χ1) is 9.66. The molecule has 0 aliphatic carbocycles. The SMILES string of the molecule is O=C(O)C1CCN(C(=O)COCC2CCNCC2)CC1. The maximum Gasteiger partial charge on any atom is 0.306 e. The summed E-state index contributed by atoms with van der Waals surface area (Å²) in [5, 5.41) is 12.2. The van der Waals surface area contributed by atoms with Crippen molar-refractivity contribution < 1.29 is 19.4 Å². The standard InChI is InChI=1S/C14H24N2O4/c17-13(10-20-9-11-1-5-15-6-2-11)16-7-3-12(4-8-16)14(18)19/h11-12,15H,1-10H2,(H,18,19). The van der Waals surface area contributed by atoms with Gasteiger partial charge in [0.1, 0.15) is 6.61 Å². The van der Waals surface area contributed by atoms with Gasteiger partial charge in [0.15, 0.2) is 0 Å². The van der Waals surface area contributed by atoms with Crippen LogP contribution >= 0.6 is 0 Å². The van der Waals surface area contributed by atoms with Gasteiger partial charge in [-0.2, -0.15) is 0 Å². The normalized spacial score (nSPS) is 21.9. The van der Waals surface area contributed by atoms with Gasteiger partial charge in [0.25, 0.3) is 0 Å². The van der Waals surface area contributed by atoms with Gasteiger partial charge < -0.3 is 20.1 Å². The number of rotatable bonds is 5. The van der Waals surface area contributed by atoms with Gasteiger partial charge >= 0.3 is 5.97 Å². The highest BCUT2D eigenvalue weighted by Gasteiger charge is 2.27. The number of aliphatic carboxylic acids is 1. The van der Waals surface area contributed by atoms with E-state index in [1.54, 1.807) is 4.90 Å². The van der Waals surface area contributed by atoms with E-state index in [1.165, 1.54) is 0 Å². The number of likely N-dealkylation sites (tertiary alicyclic amines) is 1. The fraction of sp³-hybridized carbons (Fsp3) is 0.857. The van der Waals surface area contributed by atoms with Gasteiger partial charge in [-0.15, -0.1) is 0 Å². The van der Waals surface area contributed by atoms with E-state index in [9.17, 15) is 9.59 Å². The van der Waals surface area contributed by atoms with Crippen molar-refractivity contribution in [2.24, 2.45) is 11.8 Å². The average molecular weight is 284 g/mol. The zero-order chi connectivity index (χ0) is 14.4. The minimum absolute atomic E-state index is 0.0113. The van der Waals surface area contributed by atoms with Gasteiger partial charge in [-0.1, -0.05) is 0 Å². The van der Waals surface area contributed by atoms with Gasteiger partial charge in [-0.05, 0) is 44.7 Å². The smallest absolute Gasteiger partial charge is 0.306 e. The lowest BCUT2D eigenvalue weighted by Crippen LogP contribution is -2.42. The van der Waals surface area contributed by atoms with Crippen LogP contribution in [0.15, 0.2) is 0 Å². The van der Waals surface area contributed by atoms with Crippen molar-refractivity contribution in [3.8, 4) is 0 Å². The minimum atomic E-state index is -0.751. The highest BCUT2D eigenvalue weighted by Crippen LogP contribution is 2.17. The molecule has 2 fully saturated rings. The highest BCUT2D eigenvalue weighted by molar-refractivity contribution is 5.78. The van der Waals surface area contributed by atoms with Crippen LogP contribution in [0.2, 0.25) is 0 Å². The molecule has 0 spiro atoms. The summed E-state index contributed by atoms with van der Waals surface area (Å²) in [4.78, 5) is 24.5. The molecule has 0 saturated carbocycles. The van der Waals surface area contributed by atoms with Crippen molar-refractivity contribution in [3.63, 3.8) is 0 Å². The van der Waals surface area contributed by atoms with E-state index in [2.05, 4.69) is 5.32 Å². The molecular formula is C14H24N2O4. The van der Waals surface area contributed by atoms with E-state index in [4.69, 9.17) is 9.84 Å². The number of hydrogen-bond acceptors (Lipinski definition) is 4. The Morgan fingerprint density at radius 3 is 2.40 bits per heavy atom. The molecule has 2 rings (SSSR count). The molecule has 6 nitrogen and oxygen atoms in total. The Kier molecular flexibility index (Phi) is 5.79. The number of carbonyl (C=O) groups excluding carboxylic acids is 1. The van der Waals surface area contributed by atoms with Crippen LogP contribution in [0.5, 0.6) is 0 Å². The average Bonchev–Trinajstić information content (AvgIpc) is 2.48. The van der Waals surface area contributed by atoms with Crippen molar-refractivity contribution in [3.05, 3.63) is 0 Å². The summed E-state index contributed by atoms with van der Waals surface area (Å²) in [5.41, 5.74) is 0. The van der Waals surface area contributed by atoms with Crippen molar-refractivity contribution in [2.45, 2.75) is 25.7 Å². The van der Waals surface area contributed by atoms with Crippen LogP contribution in [-0.2, 0) is 14.3 Å². The second-order valence-corrected chi connectivity index (χ2v) is 5.70. The number of hydrogen-bond donors (Lipinski definition) is 2. The Morgan fingerprint density at radius 1 is 1.15 bits per heavy atom. The molecule has 2 saturated heterocycles. The van der Waals surface area contributed by atoms with Crippen LogP contribution < -0.4 is 5.32 Å². The summed E-state index contributed by atoms with van der Waals surface area (Å²) in [5.74, 6) is -0.501. The van der Waals surface area contributed by atoms with Gasteiger partial charge in [0, 0.05) is 13.1 Å². The lowest BCUT2D eigenvalue weighted by Gasteiger charge is -2.30. The Labute approximate surface area is 119 Å². The summed E-state index contributed by atoms with van der Waals surface area (Å²) >= 11 is 0. The van der Waals surface area contributed by atoms with E-state index in [-0.39, 0.29) is 18.4 Å². The molecule has 0 unspecified atom stereocenters. The fourth-order valence-corrected chi connectivity index (χ4v) is 2.83. The highest BCUT2D eigenvalue weighted by atomic mass is 16.5. The van der Waals surface area contributed by atoms with E-state index in [0.29, 0.717) is 38.5 Å². The molecule has 2 aliphatic heterocycles. The van der Waals surface area contributed by atoms with Crippen molar-refractivity contribution in [1.82, 2.24) is 10.2 Å². The van der Waals surface area contributed by atoms with Gasteiger partial charge in [-0.25, -0.2) is 0 Å². The molecule has 114 valence electrons. The molecule has 0 aromatic heterocycles. The topological polar surface area (TPSA) is 78.9 Å². The molecule has 0 aromatic carbocycles. The first-order valence-corrected chi connectivity index (χ1v) is 7.46. The number of nitrogens with zero attached hydrogens (tertiary/aromatic N) is 1. The van der Waals surface area contributed by atoms with Crippen LogP contribution in [0.1, 0.15) is 25.7 Å². The minimum Gasteiger partial charge on any atom is -0.481 e. The zero-order valence-electron chi connectivity index (χ0n) is 11.8. The first kappa shape index (κ1) is 15.3. The summed E-state index contributed by atoms with van der Waals surface area (Å²) in [6.45, 7) is 3.91. The Bertz CT molecular complexity index is 334. The van der Waals surface area contributed by atoms with Crippen molar-refractivity contribution in [2.75, 3.05) is 39.4 Å². The molecule has 0 bridgehead atoms. The molecule has 2 N–H and O–H groups in total. The van der Waals surface area contributed by atoms with Gasteiger partial charge in [0.2, 0.25) is 5.91 Å². The third-order valence-electron chi connectivity index (χ3n) is 4.23. The Balaban J connectivity index is 1.61. The predicted molar refractivity (Wildman–Crippen MR) is 73.4 cm³/mol. The molecule has 1 amide bonds. The van der Waals surface area contributed by atoms with Crippen LogP contribution in [0, 0.1) is 11.8 Å². The largest absolute Gasteiger partial charge is 0.481 e. The summed E-state index contributed by atoms with van der Waals surface area (Å²) < 4.78 is 5.53. The predicted octanol–water partition coefficient (Wildman–Crippen LogP) is 0.326.